The number of fused-ring (bicyclic) bond motifs is 1. The van der Waals surface area contributed by atoms with Crippen molar-refractivity contribution in [3.8, 4) is 17.1 Å². The smallest absolute Gasteiger partial charge is 0.228 e. The van der Waals surface area contributed by atoms with Gasteiger partial charge < -0.3 is 9.88 Å². The van der Waals surface area contributed by atoms with Crippen molar-refractivity contribution in [2.45, 2.75) is 38.6 Å². The summed E-state index contributed by atoms with van der Waals surface area (Å²) in [7, 11) is 0. The molecule has 2 aromatic carbocycles. The second kappa shape index (κ2) is 8.55. The Balaban J connectivity index is 1.29. The highest BCUT2D eigenvalue weighted by molar-refractivity contribution is 5.92. The van der Waals surface area contributed by atoms with E-state index in [2.05, 4.69) is 25.2 Å². The number of para-hydroxylation sites is 1. The first-order valence-electron chi connectivity index (χ1n) is 10.7. The molecule has 0 bridgehead atoms. The molecule has 0 unspecified atom stereocenters. The zero-order valence-electron chi connectivity index (χ0n) is 17.2. The van der Waals surface area contributed by atoms with Gasteiger partial charge in [-0.25, -0.2) is 4.68 Å². The Bertz CT molecular complexity index is 1190. The standard InChI is InChI=1S/C24H24N6O/c31-23(14-18-16-25-30(17-18)21-10-3-1-4-11-21)26-20-9-7-8-19(15-20)24-28-27-22-12-5-2-6-13-29(22)24/h1,3-4,7-11,15-17H,2,5-6,12-14H2,(H,26,31). The molecule has 1 amide bonds. The van der Waals surface area contributed by atoms with Crippen molar-refractivity contribution < 1.29 is 4.79 Å². The lowest BCUT2D eigenvalue weighted by molar-refractivity contribution is -0.115. The molecule has 1 aliphatic rings. The van der Waals surface area contributed by atoms with Crippen LogP contribution in [0.4, 0.5) is 5.69 Å². The Hall–Kier alpha value is -3.74. The first-order chi connectivity index (χ1) is 15.3. The maximum atomic E-state index is 12.6. The third kappa shape index (κ3) is 4.26. The summed E-state index contributed by atoms with van der Waals surface area (Å²) >= 11 is 0. The Morgan fingerprint density at radius 1 is 1.00 bits per heavy atom. The van der Waals surface area contributed by atoms with Crippen LogP contribution in [-0.2, 0) is 24.2 Å². The summed E-state index contributed by atoms with van der Waals surface area (Å²) in [4.78, 5) is 12.6. The zero-order valence-corrected chi connectivity index (χ0v) is 17.2. The summed E-state index contributed by atoms with van der Waals surface area (Å²) in [6.07, 6.45) is 8.38. The fourth-order valence-corrected chi connectivity index (χ4v) is 4.00. The number of anilines is 1. The van der Waals surface area contributed by atoms with Gasteiger partial charge in [0.2, 0.25) is 5.91 Å². The molecule has 0 saturated heterocycles. The second-order valence-electron chi connectivity index (χ2n) is 7.84. The molecule has 0 atom stereocenters. The number of aromatic nitrogens is 5. The molecule has 31 heavy (non-hydrogen) atoms. The molecule has 7 heteroatoms. The van der Waals surface area contributed by atoms with Crippen molar-refractivity contribution in [2.24, 2.45) is 0 Å². The van der Waals surface area contributed by atoms with Crippen LogP contribution < -0.4 is 5.32 Å². The Morgan fingerprint density at radius 3 is 2.81 bits per heavy atom. The molecule has 1 N–H and O–H groups in total. The van der Waals surface area contributed by atoms with Crippen LogP contribution >= 0.6 is 0 Å². The molecular weight excluding hydrogens is 388 g/mol. The fourth-order valence-electron chi connectivity index (χ4n) is 4.00. The normalized spacial score (nSPS) is 13.4. The van der Waals surface area contributed by atoms with E-state index in [1.165, 1.54) is 6.42 Å². The maximum Gasteiger partial charge on any atom is 0.228 e. The minimum atomic E-state index is -0.0789. The molecule has 0 aliphatic carbocycles. The van der Waals surface area contributed by atoms with E-state index in [0.29, 0.717) is 0 Å². The number of nitrogens with one attached hydrogen (secondary N) is 1. The van der Waals surface area contributed by atoms with Gasteiger partial charge in [0.05, 0.1) is 18.3 Å². The molecule has 1 aliphatic heterocycles. The summed E-state index contributed by atoms with van der Waals surface area (Å²) < 4.78 is 3.99. The van der Waals surface area contributed by atoms with Gasteiger partial charge in [0, 0.05) is 30.4 Å². The Labute approximate surface area is 180 Å². The number of aryl methyl sites for hydroxylation is 1. The zero-order chi connectivity index (χ0) is 21.0. The SMILES string of the molecule is O=C(Cc1cnn(-c2ccccc2)c1)Nc1cccc(-c2nnc3n2CCCCC3)c1. The number of carbonyl (C=O) groups is 1. The van der Waals surface area contributed by atoms with Gasteiger partial charge in [-0.05, 0) is 42.7 Å². The highest BCUT2D eigenvalue weighted by Crippen LogP contribution is 2.25. The van der Waals surface area contributed by atoms with Crippen molar-refractivity contribution >= 4 is 11.6 Å². The lowest BCUT2D eigenvalue weighted by Gasteiger charge is -2.09. The van der Waals surface area contributed by atoms with Crippen LogP contribution in [0.3, 0.4) is 0 Å². The monoisotopic (exact) mass is 412 g/mol. The van der Waals surface area contributed by atoms with E-state index in [1.807, 2.05) is 60.8 Å². The van der Waals surface area contributed by atoms with Crippen LogP contribution in [0.25, 0.3) is 17.1 Å². The lowest BCUT2D eigenvalue weighted by atomic mass is 10.1. The first-order valence-corrected chi connectivity index (χ1v) is 10.7. The highest BCUT2D eigenvalue weighted by atomic mass is 16.1. The van der Waals surface area contributed by atoms with Gasteiger partial charge >= 0.3 is 0 Å². The van der Waals surface area contributed by atoms with Gasteiger partial charge in [0.25, 0.3) is 0 Å². The van der Waals surface area contributed by atoms with Gasteiger partial charge in [-0.15, -0.1) is 10.2 Å². The van der Waals surface area contributed by atoms with Gasteiger partial charge in [0.1, 0.15) is 5.82 Å². The quantitative estimate of drug-likeness (QED) is 0.537. The average Bonchev–Trinajstić information content (AvgIpc) is 3.35. The van der Waals surface area contributed by atoms with E-state index in [-0.39, 0.29) is 12.3 Å². The van der Waals surface area contributed by atoms with Crippen LogP contribution in [0, 0.1) is 0 Å². The number of carbonyl (C=O) groups excluding carboxylic acids is 1. The van der Waals surface area contributed by atoms with E-state index < -0.39 is 0 Å². The first kappa shape index (κ1) is 19.2. The minimum Gasteiger partial charge on any atom is -0.326 e. The van der Waals surface area contributed by atoms with Crippen LogP contribution in [0.2, 0.25) is 0 Å². The van der Waals surface area contributed by atoms with E-state index in [4.69, 9.17) is 0 Å². The van der Waals surface area contributed by atoms with E-state index in [0.717, 1.165) is 60.0 Å². The van der Waals surface area contributed by atoms with E-state index in [9.17, 15) is 4.79 Å². The largest absolute Gasteiger partial charge is 0.326 e. The molecule has 156 valence electrons. The third-order valence-electron chi connectivity index (χ3n) is 5.54. The number of nitrogens with zero attached hydrogens (tertiary/aromatic N) is 5. The molecule has 0 spiro atoms. The Kier molecular flexibility index (Phi) is 5.31. The molecule has 2 aromatic heterocycles. The van der Waals surface area contributed by atoms with Crippen molar-refractivity contribution in [3.05, 3.63) is 78.4 Å². The molecule has 5 rings (SSSR count). The number of hydrogen-bond donors (Lipinski definition) is 1. The minimum absolute atomic E-state index is 0.0789. The van der Waals surface area contributed by atoms with Gasteiger partial charge in [0.15, 0.2) is 5.82 Å². The molecule has 7 nitrogen and oxygen atoms in total. The summed E-state index contributed by atoms with van der Waals surface area (Å²) in [5.74, 6) is 1.85. The van der Waals surface area contributed by atoms with Crippen molar-refractivity contribution in [1.82, 2.24) is 24.5 Å². The molecular formula is C24H24N6O. The molecule has 3 heterocycles. The van der Waals surface area contributed by atoms with Crippen LogP contribution in [-0.4, -0.2) is 30.5 Å². The third-order valence-corrected chi connectivity index (χ3v) is 5.54. The summed E-state index contributed by atoms with van der Waals surface area (Å²) in [5, 5.41) is 16.2. The van der Waals surface area contributed by atoms with E-state index >= 15 is 0 Å². The summed E-state index contributed by atoms with van der Waals surface area (Å²) in [5.41, 5.74) is 3.55. The maximum absolute atomic E-state index is 12.6. The molecule has 0 fully saturated rings. The number of hydrogen-bond acceptors (Lipinski definition) is 4. The molecule has 0 radical (unpaired) electrons. The van der Waals surface area contributed by atoms with Crippen molar-refractivity contribution in [2.75, 3.05) is 5.32 Å². The van der Waals surface area contributed by atoms with Crippen LogP contribution in [0.1, 0.15) is 30.7 Å². The topological polar surface area (TPSA) is 77.6 Å². The molecule has 4 aromatic rings. The Morgan fingerprint density at radius 2 is 1.90 bits per heavy atom. The van der Waals surface area contributed by atoms with E-state index in [1.54, 1.807) is 10.9 Å². The fraction of sp³-hybridized carbons (Fsp3) is 0.250. The average molecular weight is 412 g/mol. The summed E-state index contributed by atoms with van der Waals surface area (Å²) in [6.45, 7) is 0.944. The van der Waals surface area contributed by atoms with Crippen molar-refractivity contribution in [1.29, 1.82) is 0 Å². The predicted octanol–water partition coefficient (Wildman–Crippen LogP) is 4.04. The summed E-state index contributed by atoms with van der Waals surface area (Å²) in [6, 6.07) is 17.7. The van der Waals surface area contributed by atoms with Gasteiger partial charge in [-0.1, -0.05) is 36.8 Å². The van der Waals surface area contributed by atoms with Gasteiger partial charge in [-0.2, -0.15) is 5.10 Å². The highest BCUT2D eigenvalue weighted by Gasteiger charge is 2.16. The van der Waals surface area contributed by atoms with Gasteiger partial charge in [-0.3, -0.25) is 4.79 Å². The van der Waals surface area contributed by atoms with Crippen LogP contribution in [0.5, 0.6) is 0 Å². The van der Waals surface area contributed by atoms with Crippen LogP contribution in [0.15, 0.2) is 67.0 Å². The van der Waals surface area contributed by atoms with Crippen molar-refractivity contribution in [3.63, 3.8) is 0 Å². The lowest BCUT2D eigenvalue weighted by Crippen LogP contribution is -2.14. The predicted molar refractivity (Wildman–Crippen MR) is 119 cm³/mol. The molecule has 0 saturated carbocycles. The number of rotatable bonds is 5. The number of amides is 1. The number of benzene rings is 2. The second-order valence-corrected chi connectivity index (χ2v) is 7.84.